The maximum Gasteiger partial charge on any atom is 0.160 e. The number of aryl methyl sites for hydroxylation is 1. The summed E-state index contributed by atoms with van der Waals surface area (Å²) >= 11 is 0. The van der Waals surface area contributed by atoms with Crippen molar-refractivity contribution in [1.29, 1.82) is 0 Å². The average Bonchev–Trinajstić information content (AvgIpc) is 2.71. The third-order valence-corrected chi connectivity index (χ3v) is 2.84. The summed E-state index contributed by atoms with van der Waals surface area (Å²) in [6.45, 7) is 9.41. The van der Waals surface area contributed by atoms with Gasteiger partial charge in [0, 0.05) is 12.5 Å². The molecule has 0 bridgehead atoms. The lowest BCUT2D eigenvalue weighted by molar-refractivity contribution is 0.400. The minimum Gasteiger partial charge on any atom is -0.493 e. The lowest BCUT2D eigenvalue weighted by Gasteiger charge is -2.15. The summed E-state index contributed by atoms with van der Waals surface area (Å²) in [5, 5.41) is 7.67. The van der Waals surface area contributed by atoms with Gasteiger partial charge in [-0.1, -0.05) is 13.8 Å². The Labute approximate surface area is 98.0 Å². The van der Waals surface area contributed by atoms with Crippen LogP contribution >= 0.6 is 0 Å². The SMILES string of the molecule is CCNCCC(C)c1c(OC)cnn1CC. The lowest BCUT2D eigenvalue weighted by atomic mass is 10.0. The van der Waals surface area contributed by atoms with Crippen molar-refractivity contribution in [3.8, 4) is 5.75 Å². The first-order valence-corrected chi connectivity index (χ1v) is 6.04. The van der Waals surface area contributed by atoms with Crippen molar-refractivity contribution >= 4 is 0 Å². The Kier molecular flexibility index (Phi) is 5.32. The molecule has 0 spiro atoms. The number of ether oxygens (including phenoxy) is 1. The topological polar surface area (TPSA) is 39.1 Å². The van der Waals surface area contributed by atoms with Crippen LogP contribution in [-0.2, 0) is 6.54 Å². The second kappa shape index (κ2) is 6.53. The molecule has 1 aromatic heterocycles. The summed E-state index contributed by atoms with van der Waals surface area (Å²) in [5.74, 6) is 1.38. The molecule has 0 radical (unpaired) electrons. The van der Waals surface area contributed by atoms with Crippen LogP contribution in [0.15, 0.2) is 6.20 Å². The minimum atomic E-state index is 0.469. The molecule has 0 saturated heterocycles. The van der Waals surface area contributed by atoms with Crippen molar-refractivity contribution in [3.05, 3.63) is 11.9 Å². The Hall–Kier alpha value is -1.03. The molecule has 1 unspecified atom stereocenters. The van der Waals surface area contributed by atoms with Gasteiger partial charge in [0.2, 0.25) is 0 Å². The molecule has 1 N–H and O–H groups in total. The summed E-state index contributed by atoms with van der Waals surface area (Å²) in [4.78, 5) is 0. The van der Waals surface area contributed by atoms with Gasteiger partial charge in [0.25, 0.3) is 0 Å². The number of aromatic nitrogens is 2. The van der Waals surface area contributed by atoms with Gasteiger partial charge >= 0.3 is 0 Å². The second-order valence-electron chi connectivity index (χ2n) is 3.96. The Bertz CT molecular complexity index is 288. The van der Waals surface area contributed by atoms with Gasteiger partial charge in [0.05, 0.1) is 19.0 Å². The summed E-state index contributed by atoms with van der Waals surface area (Å²) in [6.07, 6.45) is 2.92. The second-order valence-corrected chi connectivity index (χ2v) is 3.96. The van der Waals surface area contributed by atoms with Gasteiger partial charge in [-0.2, -0.15) is 5.10 Å². The van der Waals surface area contributed by atoms with Crippen LogP contribution < -0.4 is 10.1 Å². The number of methoxy groups -OCH3 is 1. The van der Waals surface area contributed by atoms with Crippen molar-refractivity contribution in [2.75, 3.05) is 20.2 Å². The molecule has 0 fully saturated rings. The van der Waals surface area contributed by atoms with E-state index < -0.39 is 0 Å². The van der Waals surface area contributed by atoms with Crippen molar-refractivity contribution in [2.24, 2.45) is 0 Å². The van der Waals surface area contributed by atoms with Crippen LogP contribution in [0.5, 0.6) is 5.75 Å². The third-order valence-electron chi connectivity index (χ3n) is 2.84. The molecule has 0 aliphatic rings. The van der Waals surface area contributed by atoms with Gasteiger partial charge in [-0.05, 0) is 26.4 Å². The summed E-state index contributed by atoms with van der Waals surface area (Å²) in [7, 11) is 1.71. The van der Waals surface area contributed by atoms with Crippen LogP contribution in [0, 0.1) is 0 Å². The normalized spacial score (nSPS) is 12.8. The molecule has 1 aromatic rings. The van der Waals surface area contributed by atoms with E-state index in [0.717, 1.165) is 31.8 Å². The van der Waals surface area contributed by atoms with Crippen LogP contribution in [0.3, 0.4) is 0 Å². The van der Waals surface area contributed by atoms with Crippen molar-refractivity contribution < 1.29 is 4.74 Å². The molecular weight excluding hydrogens is 202 g/mol. The van der Waals surface area contributed by atoms with E-state index in [1.54, 1.807) is 7.11 Å². The van der Waals surface area contributed by atoms with Crippen molar-refractivity contribution in [1.82, 2.24) is 15.1 Å². The molecule has 16 heavy (non-hydrogen) atoms. The summed E-state index contributed by atoms with van der Waals surface area (Å²) in [6, 6.07) is 0. The van der Waals surface area contributed by atoms with Crippen LogP contribution in [0.2, 0.25) is 0 Å². The smallest absolute Gasteiger partial charge is 0.160 e. The average molecular weight is 225 g/mol. The Morgan fingerprint density at radius 3 is 2.81 bits per heavy atom. The van der Waals surface area contributed by atoms with Gasteiger partial charge in [0.15, 0.2) is 5.75 Å². The quantitative estimate of drug-likeness (QED) is 0.722. The molecule has 92 valence electrons. The predicted molar refractivity (Wildman–Crippen MR) is 66.0 cm³/mol. The highest BCUT2D eigenvalue weighted by Gasteiger charge is 2.16. The van der Waals surface area contributed by atoms with Crippen LogP contribution in [0.1, 0.15) is 38.8 Å². The van der Waals surface area contributed by atoms with E-state index in [1.807, 2.05) is 10.9 Å². The fraction of sp³-hybridized carbons (Fsp3) is 0.750. The summed E-state index contributed by atoms with van der Waals surface area (Å²) < 4.78 is 7.37. The first-order chi connectivity index (χ1) is 7.74. The summed E-state index contributed by atoms with van der Waals surface area (Å²) in [5.41, 5.74) is 1.21. The zero-order valence-electron chi connectivity index (χ0n) is 10.8. The van der Waals surface area contributed by atoms with Gasteiger partial charge in [-0.3, -0.25) is 4.68 Å². The van der Waals surface area contributed by atoms with E-state index in [1.165, 1.54) is 5.69 Å². The monoisotopic (exact) mass is 225 g/mol. The molecule has 1 rings (SSSR count). The molecule has 0 aromatic carbocycles. The molecule has 0 aliphatic carbocycles. The lowest BCUT2D eigenvalue weighted by Crippen LogP contribution is -2.17. The molecule has 4 nitrogen and oxygen atoms in total. The maximum atomic E-state index is 5.35. The number of hydrogen-bond donors (Lipinski definition) is 1. The molecule has 0 saturated carbocycles. The largest absolute Gasteiger partial charge is 0.493 e. The number of rotatable bonds is 7. The van der Waals surface area contributed by atoms with E-state index in [4.69, 9.17) is 4.74 Å². The van der Waals surface area contributed by atoms with Gasteiger partial charge in [-0.15, -0.1) is 0 Å². The predicted octanol–water partition coefficient (Wildman–Crippen LogP) is 2.01. The minimum absolute atomic E-state index is 0.469. The highest BCUT2D eigenvalue weighted by atomic mass is 16.5. The van der Waals surface area contributed by atoms with Crippen LogP contribution in [0.4, 0.5) is 0 Å². The van der Waals surface area contributed by atoms with Gasteiger partial charge in [0.1, 0.15) is 0 Å². The first-order valence-electron chi connectivity index (χ1n) is 6.04. The third kappa shape index (κ3) is 2.98. The molecule has 1 atom stereocenters. The highest BCUT2D eigenvalue weighted by Crippen LogP contribution is 2.28. The Morgan fingerprint density at radius 1 is 1.50 bits per heavy atom. The molecule has 4 heteroatoms. The standard InChI is InChI=1S/C12H23N3O/c1-5-13-8-7-10(3)12-11(16-4)9-14-15(12)6-2/h9-10,13H,5-8H2,1-4H3. The van der Waals surface area contributed by atoms with E-state index >= 15 is 0 Å². The van der Waals surface area contributed by atoms with Crippen LogP contribution in [0.25, 0.3) is 0 Å². The molecule has 0 amide bonds. The fourth-order valence-corrected chi connectivity index (χ4v) is 1.92. The zero-order valence-corrected chi connectivity index (χ0v) is 10.8. The van der Waals surface area contributed by atoms with Crippen LogP contribution in [-0.4, -0.2) is 30.0 Å². The number of nitrogens with zero attached hydrogens (tertiary/aromatic N) is 2. The molecular formula is C12H23N3O. The number of nitrogens with one attached hydrogen (secondary N) is 1. The van der Waals surface area contributed by atoms with Gasteiger partial charge in [-0.25, -0.2) is 0 Å². The zero-order chi connectivity index (χ0) is 12.0. The van der Waals surface area contributed by atoms with E-state index in [9.17, 15) is 0 Å². The molecule has 0 aliphatic heterocycles. The van der Waals surface area contributed by atoms with E-state index in [0.29, 0.717) is 5.92 Å². The van der Waals surface area contributed by atoms with E-state index in [2.05, 4.69) is 31.2 Å². The Morgan fingerprint density at radius 2 is 2.25 bits per heavy atom. The van der Waals surface area contributed by atoms with Crippen molar-refractivity contribution in [3.63, 3.8) is 0 Å². The van der Waals surface area contributed by atoms with Gasteiger partial charge < -0.3 is 10.1 Å². The maximum absolute atomic E-state index is 5.35. The molecule has 1 heterocycles. The van der Waals surface area contributed by atoms with Crippen molar-refractivity contribution in [2.45, 2.75) is 39.7 Å². The first kappa shape index (κ1) is 13.0. The van der Waals surface area contributed by atoms with E-state index in [-0.39, 0.29) is 0 Å². The number of hydrogen-bond acceptors (Lipinski definition) is 3. The highest BCUT2D eigenvalue weighted by molar-refractivity contribution is 5.28. The Balaban J connectivity index is 2.71. The fourth-order valence-electron chi connectivity index (χ4n) is 1.92.